The number of likely N-dealkylation sites (tertiary alicyclic amines) is 2. The predicted octanol–water partition coefficient (Wildman–Crippen LogP) is 3.65. The monoisotopic (exact) mass is 436 g/mol. The van der Waals surface area contributed by atoms with Crippen LogP contribution in [0.5, 0.6) is 11.5 Å². The highest BCUT2D eigenvalue weighted by Crippen LogP contribution is 2.20. The summed E-state index contributed by atoms with van der Waals surface area (Å²) in [7, 11) is 4.29. The Balaban J connectivity index is 0.000000181. The maximum Gasteiger partial charge on any atom is 0.121 e. The van der Waals surface area contributed by atoms with Crippen molar-refractivity contribution in [2.75, 3.05) is 40.3 Å². The van der Waals surface area contributed by atoms with Crippen molar-refractivity contribution in [1.29, 1.82) is 5.26 Å². The van der Waals surface area contributed by atoms with Crippen molar-refractivity contribution in [3.63, 3.8) is 0 Å². The van der Waals surface area contributed by atoms with Crippen molar-refractivity contribution >= 4 is 0 Å². The highest BCUT2D eigenvalue weighted by atomic mass is 16.5. The zero-order valence-electron chi connectivity index (χ0n) is 19.4. The van der Waals surface area contributed by atoms with Gasteiger partial charge in [-0.15, -0.1) is 0 Å². The van der Waals surface area contributed by atoms with Crippen LogP contribution >= 0.6 is 0 Å². The zero-order valence-corrected chi connectivity index (χ0v) is 19.4. The molecule has 2 aromatic carbocycles. The van der Waals surface area contributed by atoms with Crippen LogP contribution < -0.4 is 15.2 Å². The number of rotatable bonds is 5. The third kappa shape index (κ3) is 7.83. The molecular weight excluding hydrogens is 400 g/mol. The molecular formula is C26H36N4O2. The van der Waals surface area contributed by atoms with Crippen molar-refractivity contribution in [2.45, 2.75) is 44.4 Å². The van der Waals surface area contributed by atoms with Crippen LogP contribution in [0, 0.1) is 11.3 Å². The molecule has 2 aliphatic heterocycles. The second-order valence-electron chi connectivity index (χ2n) is 8.73. The van der Waals surface area contributed by atoms with E-state index >= 15 is 0 Å². The van der Waals surface area contributed by atoms with Gasteiger partial charge in [0.1, 0.15) is 23.7 Å². The molecule has 0 radical (unpaired) electrons. The number of piperidine rings is 2. The first kappa shape index (κ1) is 24.1. The highest BCUT2D eigenvalue weighted by molar-refractivity contribution is 5.36. The number of nitrogens with zero attached hydrogens (tertiary/aromatic N) is 3. The second kappa shape index (κ2) is 12.4. The molecule has 4 rings (SSSR count). The van der Waals surface area contributed by atoms with Gasteiger partial charge in [-0.2, -0.15) is 5.26 Å². The minimum absolute atomic E-state index is 0.296. The maximum absolute atomic E-state index is 8.79. The Labute approximate surface area is 192 Å². The Bertz CT molecular complexity index is 866. The Morgan fingerprint density at radius 3 is 1.84 bits per heavy atom. The standard InChI is InChI=1S/C13H20N2O.C13H16N2O/c2*1-15-7-5-12(6-8-15)16-13-4-2-3-11(9-13)10-14/h2-4,9,12H,5-8,10,14H2,1H3;2-4,9,12H,5-8H2,1H3. The van der Waals surface area contributed by atoms with Gasteiger partial charge >= 0.3 is 0 Å². The van der Waals surface area contributed by atoms with E-state index in [1.165, 1.54) is 0 Å². The first-order valence-corrected chi connectivity index (χ1v) is 11.6. The van der Waals surface area contributed by atoms with Gasteiger partial charge in [0.15, 0.2) is 0 Å². The fourth-order valence-electron chi connectivity index (χ4n) is 3.98. The van der Waals surface area contributed by atoms with E-state index in [2.05, 4.69) is 30.0 Å². The Hall–Kier alpha value is -2.59. The van der Waals surface area contributed by atoms with Crippen LogP contribution in [0.1, 0.15) is 36.8 Å². The molecule has 0 aromatic heterocycles. The molecule has 172 valence electrons. The van der Waals surface area contributed by atoms with Gasteiger partial charge in [0.25, 0.3) is 0 Å². The first-order valence-electron chi connectivity index (χ1n) is 11.6. The third-order valence-electron chi connectivity index (χ3n) is 6.03. The molecule has 2 aromatic rings. The lowest BCUT2D eigenvalue weighted by Crippen LogP contribution is -2.35. The average Bonchev–Trinajstić information content (AvgIpc) is 2.83. The molecule has 0 saturated carbocycles. The molecule has 2 fully saturated rings. The summed E-state index contributed by atoms with van der Waals surface area (Å²) >= 11 is 0. The molecule has 2 N–H and O–H groups in total. The second-order valence-corrected chi connectivity index (χ2v) is 8.73. The normalized spacial score (nSPS) is 18.3. The van der Waals surface area contributed by atoms with E-state index < -0.39 is 0 Å². The van der Waals surface area contributed by atoms with Crippen molar-refractivity contribution in [3.05, 3.63) is 59.7 Å². The first-order chi connectivity index (χ1) is 15.6. The van der Waals surface area contributed by atoms with Gasteiger partial charge in [-0.25, -0.2) is 0 Å². The molecule has 0 unspecified atom stereocenters. The van der Waals surface area contributed by atoms with Crippen LogP contribution in [0.25, 0.3) is 0 Å². The summed E-state index contributed by atoms with van der Waals surface area (Å²) < 4.78 is 11.8. The third-order valence-corrected chi connectivity index (χ3v) is 6.03. The topological polar surface area (TPSA) is 74.8 Å². The minimum atomic E-state index is 0.296. The molecule has 2 saturated heterocycles. The molecule has 2 heterocycles. The van der Waals surface area contributed by atoms with E-state index in [0.29, 0.717) is 24.3 Å². The molecule has 6 heteroatoms. The lowest BCUT2D eigenvalue weighted by molar-refractivity contribution is 0.114. The number of nitriles is 1. The van der Waals surface area contributed by atoms with Crippen molar-refractivity contribution < 1.29 is 9.47 Å². The van der Waals surface area contributed by atoms with Crippen molar-refractivity contribution in [1.82, 2.24) is 9.80 Å². The molecule has 0 atom stereocenters. The van der Waals surface area contributed by atoms with E-state index in [1.807, 2.05) is 36.4 Å². The number of hydrogen-bond acceptors (Lipinski definition) is 6. The van der Waals surface area contributed by atoms with Gasteiger partial charge in [0, 0.05) is 32.7 Å². The lowest BCUT2D eigenvalue weighted by Gasteiger charge is -2.29. The zero-order chi connectivity index (χ0) is 22.8. The fourth-order valence-corrected chi connectivity index (χ4v) is 3.98. The fraction of sp³-hybridized carbons (Fsp3) is 0.500. The summed E-state index contributed by atoms with van der Waals surface area (Å²) in [6.45, 7) is 5.00. The van der Waals surface area contributed by atoms with Gasteiger partial charge in [0.2, 0.25) is 0 Å². The van der Waals surface area contributed by atoms with Gasteiger partial charge in [-0.3, -0.25) is 0 Å². The summed E-state index contributed by atoms with van der Waals surface area (Å²) in [5.41, 5.74) is 7.40. The summed E-state index contributed by atoms with van der Waals surface area (Å²) in [6.07, 6.45) is 5.02. The molecule has 0 aliphatic carbocycles. The van der Waals surface area contributed by atoms with Gasteiger partial charge in [-0.1, -0.05) is 18.2 Å². The number of nitrogens with two attached hydrogens (primary N) is 1. The van der Waals surface area contributed by atoms with E-state index in [0.717, 1.165) is 68.9 Å². The predicted molar refractivity (Wildman–Crippen MR) is 128 cm³/mol. The van der Waals surface area contributed by atoms with Gasteiger partial charge in [0.05, 0.1) is 11.6 Å². The van der Waals surface area contributed by atoms with Gasteiger partial charge in [-0.05, 0) is 75.7 Å². The van der Waals surface area contributed by atoms with Crippen LogP contribution in [-0.2, 0) is 6.54 Å². The van der Waals surface area contributed by atoms with Gasteiger partial charge < -0.3 is 25.0 Å². The summed E-state index contributed by atoms with van der Waals surface area (Å²) in [6, 6.07) is 17.6. The SMILES string of the molecule is CN1CCC(Oc2cccc(C#N)c2)CC1.CN1CCC(Oc2cccc(CN)c2)CC1. The Morgan fingerprint density at radius 2 is 1.34 bits per heavy atom. The van der Waals surface area contributed by atoms with Crippen LogP contribution in [0.15, 0.2) is 48.5 Å². The summed E-state index contributed by atoms with van der Waals surface area (Å²) in [5, 5.41) is 8.79. The highest BCUT2D eigenvalue weighted by Gasteiger charge is 2.18. The number of hydrogen-bond donors (Lipinski definition) is 1. The quantitative estimate of drug-likeness (QED) is 0.771. The van der Waals surface area contributed by atoms with E-state index in [1.54, 1.807) is 12.1 Å². The van der Waals surface area contributed by atoms with Crippen molar-refractivity contribution in [2.24, 2.45) is 5.73 Å². The maximum atomic E-state index is 8.79. The molecule has 0 bridgehead atoms. The van der Waals surface area contributed by atoms with Crippen molar-refractivity contribution in [3.8, 4) is 17.6 Å². The number of ether oxygens (including phenoxy) is 2. The van der Waals surface area contributed by atoms with Crippen LogP contribution in [0.3, 0.4) is 0 Å². The lowest BCUT2D eigenvalue weighted by atomic mass is 10.1. The summed E-state index contributed by atoms with van der Waals surface area (Å²) in [5.74, 6) is 1.77. The Morgan fingerprint density at radius 1 is 0.844 bits per heavy atom. The molecule has 0 amide bonds. The van der Waals surface area contributed by atoms with Crippen LogP contribution in [-0.4, -0.2) is 62.3 Å². The Kier molecular flexibility index (Phi) is 9.36. The van der Waals surface area contributed by atoms with E-state index in [4.69, 9.17) is 20.5 Å². The smallest absolute Gasteiger partial charge is 0.121 e. The molecule has 2 aliphatic rings. The molecule has 0 spiro atoms. The molecule has 6 nitrogen and oxygen atoms in total. The summed E-state index contributed by atoms with van der Waals surface area (Å²) in [4.78, 5) is 4.65. The van der Waals surface area contributed by atoms with Crippen LogP contribution in [0.4, 0.5) is 0 Å². The van der Waals surface area contributed by atoms with E-state index in [-0.39, 0.29) is 0 Å². The molecule has 32 heavy (non-hydrogen) atoms. The minimum Gasteiger partial charge on any atom is -0.490 e. The number of benzene rings is 2. The average molecular weight is 437 g/mol. The van der Waals surface area contributed by atoms with Crippen LogP contribution in [0.2, 0.25) is 0 Å². The largest absolute Gasteiger partial charge is 0.490 e. The van der Waals surface area contributed by atoms with E-state index in [9.17, 15) is 0 Å².